The van der Waals surface area contributed by atoms with Crippen molar-refractivity contribution in [3.8, 4) is 0 Å². The molecule has 4 heteroatoms. The van der Waals surface area contributed by atoms with Crippen molar-refractivity contribution in [1.82, 2.24) is 14.9 Å². The van der Waals surface area contributed by atoms with Crippen molar-refractivity contribution in [3.05, 3.63) is 53.9 Å². The Balaban J connectivity index is 1.87. The molecule has 0 bridgehead atoms. The van der Waals surface area contributed by atoms with Crippen LogP contribution in [0.15, 0.2) is 36.8 Å². The van der Waals surface area contributed by atoms with Crippen molar-refractivity contribution in [2.45, 2.75) is 13.1 Å². The molecule has 0 amide bonds. The molecule has 1 aromatic heterocycles. The van der Waals surface area contributed by atoms with Crippen molar-refractivity contribution in [3.63, 3.8) is 0 Å². The second-order valence-corrected chi connectivity index (χ2v) is 3.73. The first-order valence-corrected chi connectivity index (χ1v) is 5.16. The molecule has 0 atom stereocenters. The molecule has 0 aliphatic carbocycles. The fourth-order valence-electron chi connectivity index (χ4n) is 1.54. The molecule has 0 unspecified atom stereocenters. The second kappa shape index (κ2) is 4.90. The number of aryl methyl sites for hydroxylation is 1. The summed E-state index contributed by atoms with van der Waals surface area (Å²) in [6.07, 6.45) is 3.58. The van der Waals surface area contributed by atoms with E-state index in [0.717, 1.165) is 17.8 Å². The molecule has 1 heterocycles. The fraction of sp³-hybridized carbons (Fsp3) is 0.250. The minimum atomic E-state index is -0.195. The number of imidazole rings is 1. The fourth-order valence-corrected chi connectivity index (χ4v) is 1.54. The lowest BCUT2D eigenvalue weighted by atomic mass is 10.2. The third-order valence-corrected chi connectivity index (χ3v) is 2.44. The lowest BCUT2D eigenvalue weighted by Crippen LogP contribution is -2.14. The van der Waals surface area contributed by atoms with Crippen LogP contribution in [0.5, 0.6) is 0 Å². The quantitative estimate of drug-likeness (QED) is 0.850. The Labute approximate surface area is 93.9 Å². The van der Waals surface area contributed by atoms with Crippen molar-refractivity contribution >= 4 is 0 Å². The maximum atomic E-state index is 12.9. The monoisotopic (exact) mass is 219 g/mol. The summed E-state index contributed by atoms with van der Waals surface area (Å²) in [6, 6.07) is 6.61. The first-order chi connectivity index (χ1) is 7.75. The third kappa shape index (κ3) is 2.67. The first kappa shape index (κ1) is 10.8. The Kier molecular flexibility index (Phi) is 3.31. The van der Waals surface area contributed by atoms with Gasteiger partial charge in [0.05, 0.1) is 12.0 Å². The number of rotatable bonds is 4. The predicted octanol–water partition coefficient (Wildman–Crippen LogP) is 1.85. The van der Waals surface area contributed by atoms with Gasteiger partial charge in [-0.15, -0.1) is 0 Å². The summed E-state index contributed by atoms with van der Waals surface area (Å²) in [7, 11) is 1.95. The number of benzene rings is 1. The van der Waals surface area contributed by atoms with Gasteiger partial charge in [-0.2, -0.15) is 0 Å². The number of aromatic nitrogens is 2. The number of hydrogen-bond donors (Lipinski definition) is 1. The van der Waals surface area contributed by atoms with Gasteiger partial charge >= 0.3 is 0 Å². The normalized spacial score (nSPS) is 10.6. The molecule has 0 aliphatic rings. The van der Waals surface area contributed by atoms with Crippen LogP contribution in [0.25, 0.3) is 0 Å². The summed E-state index contributed by atoms with van der Waals surface area (Å²) in [6.45, 7) is 1.38. The molecular weight excluding hydrogens is 205 g/mol. The van der Waals surface area contributed by atoms with E-state index in [1.54, 1.807) is 12.4 Å². The van der Waals surface area contributed by atoms with Crippen LogP contribution in [0.3, 0.4) is 0 Å². The maximum Gasteiger partial charge on any atom is 0.123 e. The third-order valence-electron chi connectivity index (χ3n) is 2.44. The molecule has 16 heavy (non-hydrogen) atoms. The van der Waals surface area contributed by atoms with E-state index < -0.39 is 0 Å². The van der Waals surface area contributed by atoms with E-state index in [9.17, 15) is 4.39 Å². The number of nitrogens with one attached hydrogen (secondary N) is 1. The van der Waals surface area contributed by atoms with E-state index in [1.807, 2.05) is 23.9 Å². The average Bonchev–Trinajstić information content (AvgIpc) is 2.65. The highest BCUT2D eigenvalue weighted by molar-refractivity contribution is 5.16. The molecular formula is C12H14FN3. The summed E-state index contributed by atoms with van der Waals surface area (Å²) >= 11 is 0. The second-order valence-electron chi connectivity index (χ2n) is 3.73. The van der Waals surface area contributed by atoms with Gasteiger partial charge in [0.15, 0.2) is 0 Å². The van der Waals surface area contributed by atoms with E-state index >= 15 is 0 Å². The standard InChI is InChI=1S/C12H14FN3/c1-16-9-15-8-12(16)7-14-6-10-3-2-4-11(13)5-10/h2-5,8-9,14H,6-7H2,1H3. The van der Waals surface area contributed by atoms with Gasteiger partial charge in [-0.3, -0.25) is 0 Å². The van der Waals surface area contributed by atoms with E-state index in [0.29, 0.717) is 6.54 Å². The Bertz CT molecular complexity index is 465. The highest BCUT2D eigenvalue weighted by Gasteiger charge is 1.98. The van der Waals surface area contributed by atoms with Crippen LogP contribution in [-0.2, 0) is 20.1 Å². The van der Waals surface area contributed by atoms with Crippen LogP contribution < -0.4 is 5.32 Å². The van der Waals surface area contributed by atoms with Gasteiger partial charge in [-0.25, -0.2) is 9.37 Å². The Hall–Kier alpha value is -1.68. The molecule has 0 aliphatic heterocycles. The van der Waals surface area contributed by atoms with Gasteiger partial charge in [-0.1, -0.05) is 12.1 Å². The number of hydrogen-bond acceptors (Lipinski definition) is 2. The van der Waals surface area contributed by atoms with Gasteiger partial charge in [0.25, 0.3) is 0 Å². The molecule has 0 saturated carbocycles. The van der Waals surface area contributed by atoms with Crippen molar-refractivity contribution < 1.29 is 4.39 Å². The molecule has 1 aromatic carbocycles. The van der Waals surface area contributed by atoms with E-state index in [2.05, 4.69) is 10.3 Å². The summed E-state index contributed by atoms with van der Waals surface area (Å²) in [5.74, 6) is -0.195. The van der Waals surface area contributed by atoms with Gasteiger partial charge in [-0.05, 0) is 17.7 Å². The molecule has 0 fully saturated rings. The lowest BCUT2D eigenvalue weighted by Gasteiger charge is -2.05. The number of nitrogens with zero attached hydrogens (tertiary/aromatic N) is 2. The van der Waals surface area contributed by atoms with Crippen LogP contribution in [-0.4, -0.2) is 9.55 Å². The predicted molar refractivity (Wildman–Crippen MR) is 60.2 cm³/mol. The van der Waals surface area contributed by atoms with Gasteiger partial charge in [0, 0.05) is 26.3 Å². The maximum absolute atomic E-state index is 12.9. The largest absolute Gasteiger partial charge is 0.337 e. The molecule has 0 radical (unpaired) electrons. The highest BCUT2D eigenvalue weighted by Crippen LogP contribution is 2.03. The van der Waals surface area contributed by atoms with Crippen LogP contribution >= 0.6 is 0 Å². The van der Waals surface area contributed by atoms with Gasteiger partial charge in [0.1, 0.15) is 5.82 Å². The number of halogens is 1. The molecule has 0 saturated heterocycles. The Morgan fingerprint density at radius 1 is 1.38 bits per heavy atom. The molecule has 2 aromatic rings. The van der Waals surface area contributed by atoms with Gasteiger partial charge in [0.2, 0.25) is 0 Å². The summed E-state index contributed by atoms with van der Waals surface area (Å²) in [4.78, 5) is 4.02. The zero-order valence-electron chi connectivity index (χ0n) is 9.15. The highest BCUT2D eigenvalue weighted by atomic mass is 19.1. The van der Waals surface area contributed by atoms with Crippen molar-refractivity contribution in [2.24, 2.45) is 7.05 Å². The molecule has 3 nitrogen and oxygen atoms in total. The topological polar surface area (TPSA) is 29.9 Å². The molecule has 0 spiro atoms. The van der Waals surface area contributed by atoms with Crippen molar-refractivity contribution in [2.75, 3.05) is 0 Å². The zero-order chi connectivity index (χ0) is 11.4. The lowest BCUT2D eigenvalue weighted by molar-refractivity contribution is 0.616. The minimum Gasteiger partial charge on any atom is -0.337 e. The summed E-state index contributed by atoms with van der Waals surface area (Å²) in [5, 5.41) is 3.24. The summed E-state index contributed by atoms with van der Waals surface area (Å²) < 4.78 is 14.8. The molecule has 2 rings (SSSR count). The smallest absolute Gasteiger partial charge is 0.123 e. The van der Waals surface area contributed by atoms with E-state index in [4.69, 9.17) is 0 Å². The van der Waals surface area contributed by atoms with Crippen LogP contribution in [0, 0.1) is 5.82 Å². The van der Waals surface area contributed by atoms with Crippen LogP contribution in [0.1, 0.15) is 11.3 Å². The molecule has 1 N–H and O–H groups in total. The average molecular weight is 219 g/mol. The minimum absolute atomic E-state index is 0.195. The Morgan fingerprint density at radius 3 is 2.94 bits per heavy atom. The van der Waals surface area contributed by atoms with Crippen LogP contribution in [0.4, 0.5) is 4.39 Å². The van der Waals surface area contributed by atoms with Crippen LogP contribution in [0.2, 0.25) is 0 Å². The van der Waals surface area contributed by atoms with Crippen molar-refractivity contribution in [1.29, 1.82) is 0 Å². The SMILES string of the molecule is Cn1cncc1CNCc1cccc(F)c1. The van der Waals surface area contributed by atoms with E-state index in [1.165, 1.54) is 12.1 Å². The van der Waals surface area contributed by atoms with Gasteiger partial charge < -0.3 is 9.88 Å². The van der Waals surface area contributed by atoms with E-state index in [-0.39, 0.29) is 5.82 Å². The summed E-state index contributed by atoms with van der Waals surface area (Å²) in [5.41, 5.74) is 2.05. The first-order valence-electron chi connectivity index (χ1n) is 5.16. The molecule has 84 valence electrons. The zero-order valence-corrected chi connectivity index (χ0v) is 9.15. The Morgan fingerprint density at radius 2 is 2.25 bits per heavy atom.